The molecule has 1 heterocycles. The maximum absolute atomic E-state index is 12.4. The van der Waals surface area contributed by atoms with Gasteiger partial charge in [-0.05, 0) is 13.8 Å². The number of nitrogens with zero attached hydrogens (tertiary/aromatic N) is 1. The van der Waals surface area contributed by atoms with E-state index in [4.69, 9.17) is 0 Å². The lowest BCUT2D eigenvalue weighted by molar-refractivity contribution is -0.145. The molecule has 0 amide bonds. The Morgan fingerprint density at radius 2 is 2.12 bits per heavy atom. The second-order valence-corrected chi connectivity index (χ2v) is 3.05. The van der Waals surface area contributed by atoms with Gasteiger partial charge in [-0.25, -0.2) is 0 Å². The highest BCUT2D eigenvalue weighted by molar-refractivity contribution is 5.73. The molecule has 0 saturated carbocycles. The first kappa shape index (κ1) is 12.5. The molecule has 0 bridgehead atoms. The highest BCUT2D eigenvalue weighted by atomic mass is 19.4. The summed E-state index contributed by atoms with van der Waals surface area (Å²) < 4.78 is 46.3. The fraction of sp³-hybridized carbons (Fsp3) is 0.556. The van der Waals surface area contributed by atoms with E-state index in [9.17, 15) is 18.0 Å². The van der Waals surface area contributed by atoms with E-state index in [-0.39, 0.29) is 17.9 Å². The van der Waals surface area contributed by atoms with Crippen molar-refractivity contribution < 1.29 is 27.2 Å². The largest absolute Gasteiger partial charge is 0.466 e. The molecule has 7 heteroatoms. The quantitative estimate of drug-likeness (QED) is 0.755. The highest BCUT2D eigenvalue weighted by Gasteiger charge is 2.39. The molecule has 0 fully saturated rings. The Bertz CT molecular complexity index is 384. The van der Waals surface area contributed by atoms with Crippen LogP contribution in [0.25, 0.3) is 0 Å². The first-order valence-electron chi connectivity index (χ1n) is 4.54. The summed E-state index contributed by atoms with van der Waals surface area (Å²) in [6.07, 6.45) is -5.11. The summed E-state index contributed by atoms with van der Waals surface area (Å²) >= 11 is 0. The van der Waals surface area contributed by atoms with E-state index >= 15 is 0 Å². The molecule has 0 spiro atoms. The summed E-state index contributed by atoms with van der Waals surface area (Å²) in [6.45, 7) is 3.00. The summed E-state index contributed by atoms with van der Waals surface area (Å²) in [5.41, 5.74) is -1.44. The molecule has 0 unspecified atom stereocenters. The van der Waals surface area contributed by atoms with Crippen molar-refractivity contribution in [2.75, 3.05) is 6.61 Å². The van der Waals surface area contributed by atoms with Gasteiger partial charge in [-0.3, -0.25) is 4.79 Å². The lowest BCUT2D eigenvalue weighted by atomic mass is 10.1. The van der Waals surface area contributed by atoms with Crippen LogP contribution < -0.4 is 0 Å². The van der Waals surface area contributed by atoms with Crippen molar-refractivity contribution in [3.05, 3.63) is 17.0 Å². The average molecular weight is 237 g/mol. The third-order valence-corrected chi connectivity index (χ3v) is 1.88. The molecule has 16 heavy (non-hydrogen) atoms. The summed E-state index contributed by atoms with van der Waals surface area (Å²) in [5, 5.41) is 2.89. The Hall–Kier alpha value is -1.53. The van der Waals surface area contributed by atoms with Gasteiger partial charge in [0.1, 0.15) is 5.76 Å². The standard InChI is InChI=1S/C9H10F3NO3/c1-3-15-7(14)4-6-5(2)16-13-8(6)9(10,11)12/h3-4H2,1-2H3. The molecular weight excluding hydrogens is 227 g/mol. The van der Waals surface area contributed by atoms with E-state index in [0.717, 1.165) is 0 Å². The number of hydrogen-bond acceptors (Lipinski definition) is 4. The first-order chi connectivity index (χ1) is 7.36. The number of ether oxygens (including phenoxy) is 1. The molecule has 0 radical (unpaired) electrons. The van der Waals surface area contributed by atoms with Crippen molar-refractivity contribution in [1.82, 2.24) is 5.16 Å². The third kappa shape index (κ3) is 2.74. The second kappa shape index (κ2) is 4.54. The van der Waals surface area contributed by atoms with Crippen LogP contribution in [0.3, 0.4) is 0 Å². The second-order valence-electron chi connectivity index (χ2n) is 3.05. The van der Waals surface area contributed by atoms with Crippen LogP contribution in [-0.4, -0.2) is 17.7 Å². The van der Waals surface area contributed by atoms with Gasteiger partial charge in [0.2, 0.25) is 0 Å². The van der Waals surface area contributed by atoms with Crippen molar-refractivity contribution in [2.45, 2.75) is 26.4 Å². The molecule has 1 aromatic rings. The predicted molar refractivity (Wildman–Crippen MR) is 46.6 cm³/mol. The molecule has 90 valence electrons. The lowest BCUT2D eigenvalue weighted by Gasteiger charge is -2.05. The molecule has 0 N–H and O–H groups in total. The van der Waals surface area contributed by atoms with Crippen LogP contribution in [0.4, 0.5) is 13.2 Å². The van der Waals surface area contributed by atoms with Crippen LogP contribution in [0.15, 0.2) is 4.52 Å². The number of rotatable bonds is 3. The Labute approximate surface area is 89.4 Å². The Balaban J connectivity index is 2.95. The van der Waals surface area contributed by atoms with Gasteiger partial charge in [0.25, 0.3) is 0 Å². The number of alkyl halides is 3. The van der Waals surface area contributed by atoms with Crippen LogP contribution in [-0.2, 0) is 22.1 Å². The average Bonchev–Trinajstić information content (AvgIpc) is 2.47. The van der Waals surface area contributed by atoms with Gasteiger partial charge < -0.3 is 9.26 Å². The zero-order valence-electron chi connectivity index (χ0n) is 8.72. The minimum absolute atomic E-state index is 0.0274. The summed E-state index contributed by atoms with van der Waals surface area (Å²) in [7, 11) is 0. The minimum atomic E-state index is -4.63. The number of halogens is 3. The third-order valence-electron chi connectivity index (χ3n) is 1.88. The van der Waals surface area contributed by atoms with Gasteiger partial charge in [0.15, 0.2) is 5.69 Å². The van der Waals surface area contributed by atoms with Gasteiger partial charge in [0, 0.05) is 5.56 Å². The maximum Gasteiger partial charge on any atom is 0.437 e. The zero-order valence-corrected chi connectivity index (χ0v) is 8.72. The Kier molecular flexibility index (Phi) is 3.56. The number of carbonyl (C=O) groups excluding carboxylic acids is 1. The number of hydrogen-bond donors (Lipinski definition) is 0. The van der Waals surface area contributed by atoms with Crippen molar-refractivity contribution >= 4 is 5.97 Å². The molecule has 1 rings (SSSR count). The Morgan fingerprint density at radius 1 is 1.50 bits per heavy atom. The maximum atomic E-state index is 12.4. The van der Waals surface area contributed by atoms with Crippen LogP contribution >= 0.6 is 0 Å². The number of aromatic nitrogens is 1. The topological polar surface area (TPSA) is 52.3 Å². The molecule has 0 aliphatic carbocycles. The number of esters is 1. The Morgan fingerprint density at radius 3 is 2.62 bits per heavy atom. The first-order valence-corrected chi connectivity index (χ1v) is 4.54. The summed E-state index contributed by atoms with van der Waals surface area (Å²) in [4.78, 5) is 11.1. The molecule has 0 saturated heterocycles. The summed E-state index contributed by atoms with van der Waals surface area (Å²) in [5.74, 6) is -0.764. The van der Waals surface area contributed by atoms with Crippen molar-refractivity contribution in [2.24, 2.45) is 0 Å². The van der Waals surface area contributed by atoms with E-state index in [2.05, 4.69) is 14.4 Å². The van der Waals surface area contributed by atoms with E-state index in [1.54, 1.807) is 6.92 Å². The predicted octanol–water partition coefficient (Wildman–Crippen LogP) is 2.11. The van der Waals surface area contributed by atoms with Gasteiger partial charge in [-0.15, -0.1) is 0 Å². The monoisotopic (exact) mass is 237 g/mol. The highest BCUT2D eigenvalue weighted by Crippen LogP contribution is 2.32. The van der Waals surface area contributed by atoms with Crippen molar-refractivity contribution in [3.8, 4) is 0 Å². The lowest BCUT2D eigenvalue weighted by Crippen LogP contribution is -2.14. The van der Waals surface area contributed by atoms with E-state index in [0.29, 0.717) is 0 Å². The molecule has 1 aromatic heterocycles. The van der Waals surface area contributed by atoms with Crippen molar-refractivity contribution in [1.29, 1.82) is 0 Å². The molecule has 0 aliphatic heterocycles. The van der Waals surface area contributed by atoms with E-state index in [1.807, 2.05) is 0 Å². The van der Waals surface area contributed by atoms with Crippen molar-refractivity contribution in [3.63, 3.8) is 0 Å². The molecule has 0 atom stereocenters. The van der Waals surface area contributed by atoms with Crippen LogP contribution in [0, 0.1) is 6.92 Å². The van der Waals surface area contributed by atoms with Crippen LogP contribution in [0.1, 0.15) is 23.9 Å². The van der Waals surface area contributed by atoms with Crippen LogP contribution in [0.5, 0.6) is 0 Å². The van der Waals surface area contributed by atoms with Gasteiger partial charge in [-0.1, -0.05) is 5.16 Å². The van der Waals surface area contributed by atoms with Gasteiger partial charge in [-0.2, -0.15) is 13.2 Å². The smallest absolute Gasteiger partial charge is 0.437 e. The van der Waals surface area contributed by atoms with Gasteiger partial charge in [0.05, 0.1) is 13.0 Å². The minimum Gasteiger partial charge on any atom is -0.466 e. The molecule has 0 aromatic carbocycles. The van der Waals surface area contributed by atoms with E-state index in [1.165, 1.54) is 6.92 Å². The molecule has 0 aliphatic rings. The summed E-state index contributed by atoms with van der Waals surface area (Å²) in [6, 6.07) is 0. The fourth-order valence-electron chi connectivity index (χ4n) is 1.18. The zero-order chi connectivity index (χ0) is 12.3. The molecule has 4 nitrogen and oxygen atoms in total. The van der Waals surface area contributed by atoms with Crippen LogP contribution in [0.2, 0.25) is 0 Å². The SMILES string of the molecule is CCOC(=O)Cc1c(C(F)(F)F)noc1C. The van der Waals surface area contributed by atoms with E-state index < -0.39 is 24.3 Å². The number of carbonyl (C=O) groups is 1. The van der Waals surface area contributed by atoms with Gasteiger partial charge >= 0.3 is 12.1 Å². The molecular formula is C9H10F3NO3. The normalized spacial score (nSPS) is 11.6. The fourth-order valence-corrected chi connectivity index (χ4v) is 1.18. The number of aryl methyl sites for hydroxylation is 1.